The average molecular weight is 448 g/mol. The zero-order valence-electron chi connectivity index (χ0n) is 19.8. The number of quaternary nitrogens is 1. The van der Waals surface area contributed by atoms with Gasteiger partial charge >= 0.3 is 11.9 Å². The molecule has 7 heteroatoms. The van der Waals surface area contributed by atoms with Gasteiger partial charge in [-0.1, -0.05) is 51.1 Å². The highest BCUT2D eigenvalue weighted by atomic mass is 16.6. The lowest BCUT2D eigenvalue weighted by atomic mass is 9.62. The first-order chi connectivity index (χ1) is 14.7. The van der Waals surface area contributed by atoms with Crippen molar-refractivity contribution >= 4 is 11.9 Å². The number of carboxylic acids is 2. The Morgan fingerprint density at radius 1 is 1.12 bits per heavy atom. The van der Waals surface area contributed by atoms with E-state index in [0.717, 1.165) is 18.8 Å². The number of carboxylic acid groups (broad SMARTS) is 2. The number of rotatable bonds is 8. The highest BCUT2D eigenvalue weighted by Gasteiger charge is 2.69. The van der Waals surface area contributed by atoms with E-state index < -0.39 is 11.9 Å². The Kier molecular flexibility index (Phi) is 7.92. The van der Waals surface area contributed by atoms with E-state index in [1.807, 2.05) is 0 Å². The molecule has 0 aliphatic heterocycles. The first kappa shape index (κ1) is 26.0. The number of aliphatic carboxylic acids is 2. The molecule has 2 aliphatic carbocycles. The summed E-state index contributed by atoms with van der Waals surface area (Å²) in [4.78, 5) is 19.1. The third-order valence-electron chi connectivity index (χ3n) is 7.73. The van der Waals surface area contributed by atoms with Crippen LogP contribution in [-0.2, 0) is 20.7 Å². The van der Waals surface area contributed by atoms with Gasteiger partial charge < -0.3 is 24.8 Å². The summed E-state index contributed by atoms with van der Waals surface area (Å²) in [5.41, 5.74) is 1.66. The Bertz CT molecular complexity index is 813. The molecule has 7 nitrogen and oxygen atoms in total. The molecule has 2 aliphatic rings. The summed E-state index contributed by atoms with van der Waals surface area (Å²) >= 11 is 0. The topological polar surface area (TPSA) is 107 Å². The van der Waals surface area contributed by atoms with Crippen LogP contribution in [0.1, 0.15) is 45.6 Å². The van der Waals surface area contributed by atoms with E-state index in [2.05, 4.69) is 51.1 Å². The van der Waals surface area contributed by atoms with E-state index in [1.54, 1.807) is 14.1 Å². The number of nitrogens with zero attached hydrogens (tertiary/aromatic N) is 1. The molecule has 3 rings (SSSR count). The first-order valence-corrected chi connectivity index (χ1v) is 11.1. The van der Waals surface area contributed by atoms with Crippen LogP contribution < -0.4 is 0 Å². The molecular formula is C25H37NO6. The lowest BCUT2D eigenvalue weighted by molar-refractivity contribution is -0.840. The molecule has 3 atom stereocenters. The van der Waals surface area contributed by atoms with Gasteiger partial charge in [-0.05, 0) is 36.2 Å². The Morgan fingerprint density at radius 2 is 1.69 bits per heavy atom. The maximum Gasteiger partial charge on any atom is 0.328 e. The normalized spacial score (nSPS) is 28.4. The van der Waals surface area contributed by atoms with Gasteiger partial charge in [0.2, 0.25) is 0 Å². The van der Waals surface area contributed by atoms with Crippen molar-refractivity contribution in [2.45, 2.75) is 52.1 Å². The minimum Gasteiger partial charge on any atom is -0.633 e. The summed E-state index contributed by atoms with van der Waals surface area (Å²) in [6.07, 6.45) is 5.73. The standard InChI is InChI=1S/C21H33NO2.C4H4O4/c1-19(2)18-11-12-20(19,3)21(16-18,24-14-13-22(4,5)23)15-17-9-7-6-8-10-17;5-3(6)1-2-4(7)8/h6-10,18H,11-16H2,1-5H3;1-2H,(H,5,6)(H,7,8)/b;2-1+. The monoisotopic (exact) mass is 447 g/mol. The molecule has 3 unspecified atom stereocenters. The van der Waals surface area contributed by atoms with Gasteiger partial charge in [-0.15, -0.1) is 0 Å². The third kappa shape index (κ3) is 5.77. The van der Waals surface area contributed by atoms with E-state index in [4.69, 9.17) is 14.9 Å². The van der Waals surface area contributed by atoms with E-state index in [-0.39, 0.29) is 15.7 Å². The van der Waals surface area contributed by atoms with Gasteiger partial charge in [0.1, 0.15) is 6.54 Å². The highest BCUT2D eigenvalue weighted by Crippen LogP contribution is 2.71. The molecule has 0 saturated heterocycles. The van der Waals surface area contributed by atoms with Crippen LogP contribution >= 0.6 is 0 Å². The molecule has 0 amide bonds. The van der Waals surface area contributed by atoms with E-state index in [9.17, 15) is 14.8 Å². The number of fused-ring (bicyclic) bond motifs is 2. The van der Waals surface area contributed by atoms with Crippen LogP contribution in [0.25, 0.3) is 0 Å². The van der Waals surface area contributed by atoms with Crippen LogP contribution in [0.3, 0.4) is 0 Å². The first-order valence-electron chi connectivity index (χ1n) is 11.1. The van der Waals surface area contributed by atoms with Crippen molar-refractivity contribution in [3.8, 4) is 0 Å². The number of hydrogen-bond donors (Lipinski definition) is 2. The summed E-state index contributed by atoms with van der Waals surface area (Å²) in [5.74, 6) is -1.79. The predicted octanol–water partition coefficient (Wildman–Crippen LogP) is 4.12. The van der Waals surface area contributed by atoms with Crippen molar-refractivity contribution in [1.29, 1.82) is 0 Å². The van der Waals surface area contributed by atoms with Crippen molar-refractivity contribution < 1.29 is 29.2 Å². The van der Waals surface area contributed by atoms with Gasteiger partial charge in [0, 0.05) is 24.0 Å². The zero-order valence-corrected chi connectivity index (χ0v) is 19.8. The van der Waals surface area contributed by atoms with Crippen molar-refractivity contribution in [1.82, 2.24) is 0 Å². The number of carbonyl (C=O) groups is 2. The van der Waals surface area contributed by atoms with Crippen LogP contribution in [-0.4, -0.2) is 59.6 Å². The molecular weight excluding hydrogens is 410 g/mol. The van der Waals surface area contributed by atoms with E-state index >= 15 is 0 Å². The fraction of sp³-hybridized carbons (Fsp3) is 0.600. The number of benzene rings is 1. The molecule has 2 saturated carbocycles. The van der Waals surface area contributed by atoms with Crippen LogP contribution in [0.15, 0.2) is 42.5 Å². The fourth-order valence-electron chi connectivity index (χ4n) is 5.46. The van der Waals surface area contributed by atoms with Crippen molar-refractivity contribution in [2.24, 2.45) is 16.7 Å². The van der Waals surface area contributed by atoms with Gasteiger partial charge in [-0.3, -0.25) is 0 Å². The summed E-state index contributed by atoms with van der Waals surface area (Å²) in [6, 6.07) is 10.7. The number of hydrogen-bond acceptors (Lipinski definition) is 4. The van der Waals surface area contributed by atoms with Crippen LogP contribution in [0.2, 0.25) is 0 Å². The molecule has 2 bridgehead atoms. The average Bonchev–Trinajstić information content (AvgIpc) is 2.99. The zero-order chi connectivity index (χ0) is 24.2. The Hall–Kier alpha value is -2.22. The number of hydroxylamine groups is 3. The maximum absolute atomic E-state index is 12.0. The molecule has 2 fully saturated rings. The van der Waals surface area contributed by atoms with Crippen molar-refractivity contribution in [2.75, 3.05) is 27.2 Å². The molecule has 0 radical (unpaired) electrons. The van der Waals surface area contributed by atoms with Gasteiger partial charge in [-0.2, -0.15) is 0 Å². The molecule has 2 N–H and O–H groups in total. The SMILES string of the molecule is CC1(C)C2CCC1(C)C(Cc1ccccc1)(OCC[N+](C)(C)[O-])C2.O=C(O)/C=C/C(=O)O. The van der Waals surface area contributed by atoms with E-state index in [1.165, 1.54) is 18.4 Å². The largest absolute Gasteiger partial charge is 0.633 e. The molecule has 178 valence electrons. The summed E-state index contributed by atoms with van der Waals surface area (Å²) < 4.78 is 6.34. The summed E-state index contributed by atoms with van der Waals surface area (Å²) in [5, 5.41) is 27.6. The lowest BCUT2D eigenvalue weighted by Crippen LogP contribution is -2.52. The Morgan fingerprint density at radius 3 is 2.09 bits per heavy atom. The van der Waals surface area contributed by atoms with Crippen LogP contribution in [0, 0.1) is 22.0 Å². The highest BCUT2D eigenvalue weighted by molar-refractivity contribution is 5.89. The second-order valence-electron chi connectivity index (χ2n) is 10.3. The predicted molar refractivity (Wildman–Crippen MR) is 123 cm³/mol. The molecule has 1 aromatic rings. The molecule has 0 heterocycles. The summed E-state index contributed by atoms with van der Waals surface area (Å²) in [6.45, 7) is 8.34. The maximum atomic E-state index is 12.0. The Balaban J connectivity index is 0.000000390. The third-order valence-corrected chi connectivity index (χ3v) is 7.73. The fourth-order valence-corrected chi connectivity index (χ4v) is 5.46. The van der Waals surface area contributed by atoms with Crippen molar-refractivity contribution in [3.63, 3.8) is 0 Å². The minimum atomic E-state index is -1.26. The molecule has 1 aromatic carbocycles. The number of ether oxygens (including phenoxy) is 1. The van der Waals surface area contributed by atoms with Crippen molar-refractivity contribution in [3.05, 3.63) is 53.3 Å². The quantitative estimate of drug-likeness (QED) is 0.353. The van der Waals surface area contributed by atoms with E-state index in [0.29, 0.717) is 30.7 Å². The molecule has 0 aromatic heterocycles. The smallest absolute Gasteiger partial charge is 0.328 e. The second kappa shape index (κ2) is 9.73. The minimum absolute atomic E-state index is 0.143. The summed E-state index contributed by atoms with van der Waals surface area (Å²) in [7, 11) is 3.39. The molecule has 0 spiro atoms. The van der Waals surface area contributed by atoms with Gasteiger partial charge in [0.05, 0.1) is 26.3 Å². The molecule has 32 heavy (non-hydrogen) atoms. The van der Waals surface area contributed by atoms with Gasteiger partial charge in [0.15, 0.2) is 0 Å². The second-order valence-corrected chi connectivity index (χ2v) is 10.3. The number of likely N-dealkylation sites (N-methyl/N-ethyl adjacent to an activating group) is 1. The van der Waals surface area contributed by atoms with Gasteiger partial charge in [-0.25, -0.2) is 9.59 Å². The van der Waals surface area contributed by atoms with Crippen LogP contribution in [0.5, 0.6) is 0 Å². The lowest BCUT2D eigenvalue weighted by Gasteiger charge is -2.49. The van der Waals surface area contributed by atoms with Gasteiger partial charge in [0.25, 0.3) is 0 Å². The van der Waals surface area contributed by atoms with Crippen LogP contribution in [0.4, 0.5) is 0 Å². The Labute approximate surface area is 190 Å².